The third-order valence-electron chi connectivity index (χ3n) is 3.89. The largest absolute Gasteiger partial charge is 0.402 e. The van der Waals surface area contributed by atoms with Gasteiger partial charge in [0, 0.05) is 14.1 Å². The molecule has 0 N–H and O–H groups in total. The summed E-state index contributed by atoms with van der Waals surface area (Å²) in [5.74, 6) is 0.986. The number of carbonyl (C=O) groups excluding carboxylic acids is 2. The molecular weight excluding hydrogens is 258 g/mol. The number of urea groups is 1. The molecule has 1 unspecified atom stereocenters. The molecule has 1 fully saturated rings. The lowest BCUT2D eigenvalue weighted by Gasteiger charge is -2.30. The summed E-state index contributed by atoms with van der Waals surface area (Å²) in [7, 11) is 3.15. The maximum absolute atomic E-state index is 12.4. The first-order valence-corrected chi connectivity index (χ1v) is 6.61. The zero-order chi connectivity index (χ0) is 14.8. The van der Waals surface area contributed by atoms with Crippen LogP contribution in [0.4, 0.5) is 10.7 Å². The molecule has 1 saturated heterocycles. The number of amides is 3. The molecule has 3 amide bonds. The van der Waals surface area contributed by atoms with E-state index in [0.29, 0.717) is 5.84 Å². The minimum Gasteiger partial charge on any atom is -0.270 e. The van der Waals surface area contributed by atoms with Gasteiger partial charge in [-0.25, -0.2) is 13.9 Å². The predicted octanol–water partition coefficient (Wildman–Crippen LogP) is 0.773. The van der Waals surface area contributed by atoms with Crippen molar-refractivity contribution in [2.75, 3.05) is 14.1 Å². The van der Waals surface area contributed by atoms with E-state index in [0.717, 1.165) is 16.5 Å². The second-order valence-corrected chi connectivity index (χ2v) is 5.55. The highest BCUT2D eigenvalue weighted by Gasteiger charge is 2.52. The van der Waals surface area contributed by atoms with Gasteiger partial charge in [-0.15, -0.1) is 0 Å². The monoisotopic (exact) mass is 276 g/mol. The fourth-order valence-electron chi connectivity index (χ4n) is 2.92. The molecule has 7 nitrogen and oxygen atoms in total. The van der Waals surface area contributed by atoms with Crippen LogP contribution in [0.5, 0.6) is 0 Å². The molecule has 1 aromatic rings. The summed E-state index contributed by atoms with van der Waals surface area (Å²) < 4.78 is 3.92. The summed E-state index contributed by atoms with van der Waals surface area (Å²) in [6.07, 6.45) is 1.92. The van der Waals surface area contributed by atoms with E-state index in [2.05, 4.69) is 23.4 Å². The molecule has 2 aliphatic heterocycles. The van der Waals surface area contributed by atoms with Crippen LogP contribution in [0.3, 0.4) is 0 Å². The minimum absolute atomic E-state index is 0.239. The fraction of sp³-hybridized carbons (Fsp3) is 0.538. The van der Waals surface area contributed by atoms with Crippen molar-refractivity contribution < 1.29 is 14.2 Å². The van der Waals surface area contributed by atoms with Gasteiger partial charge < -0.3 is 0 Å². The first-order chi connectivity index (χ1) is 9.34. The predicted molar refractivity (Wildman–Crippen MR) is 71.8 cm³/mol. The Balaban J connectivity index is 2.20. The van der Waals surface area contributed by atoms with E-state index in [1.807, 2.05) is 17.7 Å². The average Bonchev–Trinajstić information content (AvgIpc) is 2.87. The molecule has 20 heavy (non-hydrogen) atoms. The van der Waals surface area contributed by atoms with Crippen molar-refractivity contribution in [1.82, 2.24) is 14.4 Å². The van der Waals surface area contributed by atoms with E-state index in [1.54, 1.807) is 7.05 Å². The van der Waals surface area contributed by atoms with Gasteiger partial charge in [-0.05, 0) is 20.8 Å². The Morgan fingerprint density at radius 1 is 1.25 bits per heavy atom. The lowest BCUT2D eigenvalue weighted by molar-refractivity contribution is -0.677. The Bertz CT molecular complexity index is 658. The van der Waals surface area contributed by atoms with Crippen LogP contribution in [-0.4, -0.2) is 46.2 Å². The highest BCUT2D eigenvalue weighted by Crippen LogP contribution is 2.30. The number of aryl methyl sites for hydroxylation is 1. The van der Waals surface area contributed by atoms with Crippen molar-refractivity contribution in [2.45, 2.75) is 32.9 Å². The highest BCUT2D eigenvalue weighted by molar-refractivity contribution is 6.18. The maximum atomic E-state index is 12.4. The summed E-state index contributed by atoms with van der Waals surface area (Å²) in [5, 5.41) is 0. The van der Waals surface area contributed by atoms with E-state index in [4.69, 9.17) is 0 Å². The van der Waals surface area contributed by atoms with Crippen LogP contribution in [0.25, 0.3) is 0 Å². The van der Waals surface area contributed by atoms with Gasteiger partial charge in [0.1, 0.15) is 11.9 Å². The second-order valence-electron chi connectivity index (χ2n) is 5.55. The molecule has 0 saturated carbocycles. The Labute approximate surface area is 117 Å². The molecule has 3 rings (SSSR count). The average molecular weight is 276 g/mol. The number of carbonyl (C=O) groups is 2. The van der Waals surface area contributed by atoms with Crippen LogP contribution >= 0.6 is 0 Å². The molecule has 0 aromatic carbocycles. The summed E-state index contributed by atoms with van der Waals surface area (Å²) >= 11 is 0. The standard InChI is InChI=1S/C13H18N5O2/c1-7(2)18-8(3)6-17-9-10(14-12(17)18)15(4)13(20)16(5)11(9)19/h6-7,9H,1-5H3/q+1. The molecule has 7 heteroatoms. The summed E-state index contributed by atoms with van der Waals surface area (Å²) in [6.45, 7) is 6.13. The fourth-order valence-corrected chi connectivity index (χ4v) is 2.92. The second kappa shape index (κ2) is 3.91. The lowest BCUT2D eigenvalue weighted by atomic mass is 10.2. The van der Waals surface area contributed by atoms with E-state index in [1.165, 1.54) is 11.9 Å². The van der Waals surface area contributed by atoms with Crippen LogP contribution in [-0.2, 0) is 4.79 Å². The summed E-state index contributed by atoms with van der Waals surface area (Å²) in [4.78, 5) is 31.5. The normalized spacial score (nSPS) is 21.5. The molecule has 3 heterocycles. The van der Waals surface area contributed by atoms with E-state index in [9.17, 15) is 9.59 Å². The van der Waals surface area contributed by atoms with Gasteiger partial charge in [0.2, 0.25) is 11.9 Å². The Hall–Kier alpha value is -2.18. The Morgan fingerprint density at radius 2 is 1.90 bits per heavy atom. The number of rotatable bonds is 1. The van der Waals surface area contributed by atoms with Crippen molar-refractivity contribution in [3.8, 4) is 0 Å². The lowest BCUT2D eigenvalue weighted by Crippen LogP contribution is -2.61. The smallest absolute Gasteiger partial charge is 0.270 e. The SMILES string of the molecule is Cc1c[n+]2c(n1C(C)C)N=C1C2C(=O)N(C)C(=O)N1C. The van der Waals surface area contributed by atoms with Crippen LogP contribution < -0.4 is 4.57 Å². The number of aromatic nitrogens is 2. The molecular formula is C13H18N5O2+. The van der Waals surface area contributed by atoms with Gasteiger partial charge in [-0.2, -0.15) is 0 Å². The number of amidine groups is 1. The zero-order valence-corrected chi connectivity index (χ0v) is 12.3. The highest BCUT2D eigenvalue weighted by atomic mass is 16.2. The van der Waals surface area contributed by atoms with Gasteiger partial charge in [-0.3, -0.25) is 14.6 Å². The van der Waals surface area contributed by atoms with Gasteiger partial charge >= 0.3 is 12.0 Å². The third kappa shape index (κ3) is 1.40. The van der Waals surface area contributed by atoms with Gasteiger partial charge in [-0.1, -0.05) is 4.99 Å². The van der Waals surface area contributed by atoms with E-state index >= 15 is 0 Å². The molecule has 0 radical (unpaired) electrons. The number of likely N-dealkylation sites (N-methyl/N-ethyl adjacent to an activating group) is 2. The molecule has 0 spiro atoms. The molecule has 2 aliphatic rings. The van der Waals surface area contributed by atoms with Gasteiger partial charge in [0.05, 0.1) is 6.04 Å². The topological polar surface area (TPSA) is 61.8 Å². The zero-order valence-electron chi connectivity index (χ0n) is 12.3. The number of nitrogens with zero attached hydrogens (tertiary/aromatic N) is 5. The van der Waals surface area contributed by atoms with Crippen molar-refractivity contribution in [3.05, 3.63) is 11.9 Å². The molecule has 1 aromatic heterocycles. The Morgan fingerprint density at radius 3 is 2.50 bits per heavy atom. The maximum Gasteiger partial charge on any atom is 0.402 e. The third-order valence-corrected chi connectivity index (χ3v) is 3.89. The van der Waals surface area contributed by atoms with Crippen LogP contribution in [0.1, 0.15) is 31.6 Å². The molecule has 0 aliphatic carbocycles. The number of fused-ring (bicyclic) bond motifs is 3. The molecule has 106 valence electrons. The van der Waals surface area contributed by atoms with Crippen molar-refractivity contribution >= 4 is 23.7 Å². The van der Waals surface area contributed by atoms with Crippen LogP contribution in [0, 0.1) is 6.92 Å². The van der Waals surface area contributed by atoms with Crippen LogP contribution in [0.2, 0.25) is 0 Å². The summed E-state index contributed by atoms with van der Waals surface area (Å²) in [5.41, 5.74) is 1.05. The number of aliphatic imine (C=N–C) groups is 1. The van der Waals surface area contributed by atoms with Gasteiger partial charge in [0.15, 0.2) is 0 Å². The number of hydrogen-bond donors (Lipinski definition) is 0. The molecule has 1 atom stereocenters. The summed E-state index contributed by atoms with van der Waals surface area (Å²) in [6, 6.07) is -0.635. The number of imidazole rings is 1. The van der Waals surface area contributed by atoms with Crippen molar-refractivity contribution in [1.29, 1.82) is 0 Å². The Kier molecular flexibility index (Phi) is 2.51. The number of imide groups is 1. The van der Waals surface area contributed by atoms with Gasteiger partial charge in [0.25, 0.3) is 5.91 Å². The quantitative estimate of drug-likeness (QED) is 0.711. The number of hydrogen-bond acceptors (Lipinski definition) is 3. The van der Waals surface area contributed by atoms with Crippen molar-refractivity contribution in [3.63, 3.8) is 0 Å². The van der Waals surface area contributed by atoms with E-state index in [-0.39, 0.29) is 18.0 Å². The molecule has 0 bridgehead atoms. The minimum atomic E-state index is -0.531. The van der Waals surface area contributed by atoms with Crippen LogP contribution in [0.15, 0.2) is 11.2 Å². The van der Waals surface area contributed by atoms with Crippen molar-refractivity contribution in [2.24, 2.45) is 4.99 Å². The first kappa shape index (κ1) is 12.8. The first-order valence-electron chi connectivity index (χ1n) is 6.61. The van der Waals surface area contributed by atoms with E-state index < -0.39 is 6.04 Å².